The van der Waals surface area contributed by atoms with Gasteiger partial charge in [0.1, 0.15) is 11.8 Å². The fourth-order valence-corrected chi connectivity index (χ4v) is 2.62. The summed E-state index contributed by atoms with van der Waals surface area (Å²) in [5.41, 5.74) is 8.30. The Morgan fingerprint density at radius 1 is 1.26 bits per heavy atom. The molecule has 0 aromatic heterocycles. The van der Waals surface area contributed by atoms with E-state index in [9.17, 15) is 0 Å². The second-order valence-electron chi connectivity index (χ2n) is 3.97. The van der Waals surface area contributed by atoms with Crippen molar-refractivity contribution in [2.75, 3.05) is 12.8 Å². The number of anilines is 1. The van der Waals surface area contributed by atoms with Crippen molar-refractivity contribution in [3.63, 3.8) is 0 Å². The smallest absolute Gasteiger partial charge is 0.136 e. The van der Waals surface area contributed by atoms with E-state index in [2.05, 4.69) is 6.07 Å². The van der Waals surface area contributed by atoms with Crippen LogP contribution < -0.4 is 10.5 Å². The molecule has 2 N–H and O–H groups in total. The quantitative estimate of drug-likeness (QED) is 0.683. The highest BCUT2D eigenvalue weighted by Crippen LogP contribution is 2.29. The molecule has 0 atom stereocenters. The molecule has 2 aromatic rings. The summed E-state index contributed by atoms with van der Waals surface area (Å²) in [6.07, 6.45) is 0. The van der Waals surface area contributed by atoms with Gasteiger partial charge in [0.05, 0.1) is 12.7 Å². The number of methoxy groups -OCH3 is 1. The monoisotopic (exact) mass is 270 g/mol. The van der Waals surface area contributed by atoms with E-state index in [1.807, 2.05) is 42.5 Å². The highest BCUT2D eigenvalue weighted by molar-refractivity contribution is 7.98. The average molecular weight is 270 g/mol. The van der Waals surface area contributed by atoms with Gasteiger partial charge in [-0.25, -0.2) is 0 Å². The van der Waals surface area contributed by atoms with Crippen LogP contribution in [0.4, 0.5) is 5.69 Å². The number of nitrogens with zero attached hydrogens (tertiary/aromatic N) is 1. The van der Waals surface area contributed by atoms with Gasteiger partial charge in [-0.3, -0.25) is 0 Å². The molecule has 0 heterocycles. The Hall–Kier alpha value is -2.12. The number of nitrogens with two attached hydrogens (primary N) is 1. The van der Waals surface area contributed by atoms with Gasteiger partial charge in [0, 0.05) is 16.3 Å². The second kappa shape index (κ2) is 6.17. The first-order valence-electron chi connectivity index (χ1n) is 5.79. The molecule has 3 nitrogen and oxygen atoms in total. The van der Waals surface area contributed by atoms with Gasteiger partial charge in [-0.05, 0) is 29.8 Å². The molecule has 0 unspecified atom stereocenters. The summed E-state index contributed by atoms with van der Waals surface area (Å²) in [5, 5.41) is 9.05. The number of thioether (sulfide) groups is 1. The largest absolute Gasteiger partial charge is 0.495 e. The maximum atomic E-state index is 9.05. The number of benzene rings is 2. The summed E-state index contributed by atoms with van der Waals surface area (Å²) in [5.74, 6) is 1.38. The third-order valence-electron chi connectivity index (χ3n) is 2.70. The number of rotatable bonds is 4. The van der Waals surface area contributed by atoms with E-state index < -0.39 is 0 Å². The molecule has 4 heteroatoms. The third-order valence-corrected chi connectivity index (χ3v) is 3.86. The van der Waals surface area contributed by atoms with E-state index in [0.29, 0.717) is 11.3 Å². The lowest BCUT2D eigenvalue weighted by atomic mass is 10.1. The predicted octanol–water partition coefficient (Wildman–Crippen LogP) is 3.44. The van der Waals surface area contributed by atoms with E-state index in [4.69, 9.17) is 15.7 Å². The first-order valence-corrected chi connectivity index (χ1v) is 6.77. The standard InChI is InChI=1S/C15H14N2OS/c1-18-14-7-6-11(8-12(14)9-16)10-19-15-5-3-2-4-13(15)17/h2-8H,10,17H2,1H3. The number of nitrogen functional groups attached to an aromatic ring is 1. The molecular formula is C15H14N2OS. The van der Waals surface area contributed by atoms with Crippen molar-refractivity contribution in [3.8, 4) is 11.8 Å². The maximum Gasteiger partial charge on any atom is 0.136 e. The van der Waals surface area contributed by atoms with Crippen LogP contribution in [-0.2, 0) is 5.75 Å². The van der Waals surface area contributed by atoms with Crippen molar-refractivity contribution in [2.24, 2.45) is 0 Å². The van der Waals surface area contributed by atoms with Gasteiger partial charge < -0.3 is 10.5 Å². The van der Waals surface area contributed by atoms with Gasteiger partial charge in [0.15, 0.2) is 0 Å². The van der Waals surface area contributed by atoms with Crippen molar-refractivity contribution in [2.45, 2.75) is 10.6 Å². The predicted molar refractivity (Wildman–Crippen MR) is 78.1 cm³/mol. The average Bonchev–Trinajstić information content (AvgIpc) is 2.46. The summed E-state index contributed by atoms with van der Waals surface area (Å²) in [7, 11) is 1.56. The molecule has 0 aliphatic carbocycles. The van der Waals surface area contributed by atoms with Gasteiger partial charge in [-0.1, -0.05) is 18.2 Å². The molecule has 0 radical (unpaired) electrons. The number of nitriles is 1. The van der Waals surface area contributed by atoms with Crippen molar-refractivity contribution in [1.82, 2.24) is 0 Å². The van der Waals surface area contributed by atoms with E-state index in [-0.39, 0.29) is 0 Å². The van der Waals surface area contributed by atoms with Crippen LogP contribution in [0.25, 0.3) is 0 Å². The molecule has 96 valence electrons. The zero-order valence-electron chi connectivity index (χ0n) is 10.6. The number of hydrogen-bond acceptors (Lipinski definition) is 4. The van der Waals surface area contributed by atoms with Crippen LogP contribution in [0.15, 0.2) is 47.4 Å². The van der Waals surface area contributed by atoms with E-state index in [1.165, 1.54) is 0 Å². The number of hydrogen-bond donors (Lipinski definition) is 1. The Labute approximate surface area is 117 Å². The third kappa shape index (κ3) is 3.21. The molecule has 0 amide bonds. The van der Waals surface area contributed by atoms with Crippen LogP contribution in [0, 0.1) is 11.3 Å². The molecule has 2 aromatic carbocycles. The summed E-state index contributed by atoms with van der Waals surface area (Å²) >= 11 is 1.66. The lowest BCUT2D eigenvalue weighted by Gasteiger charge is -2.07. The highest BCUT2D eigenvalue weighted by Gasteiger charge is 2.05. The van der Waals surface area contributed by atoms with E-state index >= 15 is 0 Å². The van der Waals surface area contributed by atoms with Gasteiger partial charge in [0.25, 0.3) is 0 Å². The SMILES string of the molecule is COc1ccc(CSc2ccccc2N)cc1C#N. The van der Waals surface area contributed by atoms with Gasteiger partial charge in [-0.2, -0.15) is 5.26 Å². The molecule has 0 bridgehead atoms. The zero-order valence-corrected chi connectivity index (χ0v) is 11.4. The second-order valence-corrected chi connectivity index (χ2v) is 4.99. The molecule has 0 spiro atoms. The molecular weight excluding hydrogens is 256 g/mol. The fraction of sp³-hybridized carbons (Fsp3) is 0.133. The first-order chi connectivity index (χ1) is 9.24. The minimum Gasteiger partial charge on any atom is -0.495 e. The zero-order chi connectivity index (χ0) is 13.7. The van der Waals surface area contributed by atoms with Crippen LogP contribution in [-0.4, -0.2) is 7.11 Å². The van der Waals surface area contributed by atoms with Crippen LogP contribution in [0.3, 0.4) is 0 Å². The van der Waals surface area contributed by atoms with Crippen LogP contribution >= 0.6 is 11.8 Å². The van der Waals surface area contributed by atoms with Crippen molar-refractivity contribution >= 4 is 17.4 Å². The molecule has 0 saturated carbocycles. The molecule has 0 aliphatic heterocycles. The summed E-state index contributed by atoms with van der Waals surface area (Å²) < 4.78 is 5.12. The van der Waals surface area contributed by atoms with Crippen molar-refractivity contribution < 1.29 is 4.74 Å². The van der Waals surface area contributed by atoms with Gasteiger partial charge in [0.2, 0.25) is 0 Å². The molecule has 0 fully saturated rings. The normalized spacial score (nSPS) is 9.89. The van der Waals surface area contributed by atoms with E-state index in [1.54, 1.807) is 18.9 Å². The molecule has 0 aliphatic rings. The summed E-state index contributed by atoms with van der Waals surface area (Å²) in [6.45, 7) is 0. The Morgan fingerprint density at radius 2 is 2.05 bits per heavy atom. The van der Waals surface area contributed by atoms with Crippen molar-refractivity contribution in [3.05, 3.63) is 53.6 Å². The van der Waals surface area contributed by atoms with Crippen molar-refractivity contribution in [1.29, 1.82) is 5.26 Å². The molecule has 2 rings (SSSR count). The lowest BCUT2D eigenvalue weighted by Crippen LogP contribution is -1.91. The van der Waals surface area contributed by atoms with Crippen LogP contribution in [0.2, 0.25) is 0 Å². The Morgan fingerprint density at radius 3 is 2.74 bits per heavy atom. The molecule has 19 heavy (non-hydrogen) atoms. The Balaban J connectivity index is 2.13. The van der Waals surface area contributed by atoms with Crippen LogP contribution in [0.1, 0.15) is 11.1 Å². The minimum absolute atomic E-state index is 0.557. The summed E-state index contributed by atoms with van der Waals surface area (Å²) in [6, 6.07) is 15.5. The first kappa shape index (κ1) is 13.3. The topological polar surface area (TPSA) is 59.0 Å². The highest BCUT2D eigenvalue weighted by atomic mass is 32.2. The minimum atomic E-state index is 0.557. The maximum absolute atomic E-state index is 9.05. The van der Waals surface area contributed by atoms with Gasteiger partial charge >= 0.3 is 0 Å². The fourth-order valence-electron chi connectivity index (χ4n) is 1.71. The number of ether oxygens (including phenoxy) is 1. The Kier molecular flexibility index (Phi) is 4.32. The van der Waals surface area contributed by atoms with Crippen LogP contribution in [0.5, 0.6) is 5.75 Å². The molecule has 0 saturated heterocycles. The van der Waals surface area contributed by atoms with Gasteiger partial charge in [-0.15, -0.1) is 11.8 Å². The lowest BCUT2D eigenvalue weighted by molar-refractivity contribution is 0.413. The number of para-hydroxylation sites is 1. The van der Waals surface area contributed by atoms with E-state index in [0.717, 1.165) is 21.9 Å². The summed E-state index contributed by atoms with van der Waals surface area (Å²) in [4.78, 5) is 1.05. The Bertz CT molecular complexity index is 620.